The number of halogens is 1. The molecular formula is C7H7FN2O4S. The molecule has 0 aromatic carbocycles. The van der Waals surface area contributed by atoms with Gasteiger partial charge in [-0.2, -0.15) is 0 Å². The fourth-order valence-corrected chi connectivity index (χ4v) is 1.72. The molecule has 0 bridgehead atoms. The van der Waals surface area contributed by atoms with Crippen LogP contribution in [-0.2, 0) is 14.8 Å². The largest absolute Gasteiger partial charge is 0.480 e. The van der Waals surface area contributed by atoms with Gasteiger partial charge in [-0.15, -0.1) is 0 Å². The van der Waals surface area contributed by atoms with E-state index in [1.54, 1.807) is 4.72 Å². The van der Waals surface area contributed by atoms with E-state index in [1.165, 1.54) is 6.20 Å². The number of carbonyl (C=O) groups is 1. The van der Waals surface area contributed by atoms with Crippen LogP contribution < -0.4 is 4.72 Å². The Hall–Kier alpha value is -1.70. The van der Waals surface area contributed by atoms with Crippen LogP contribution in [0.5, 0.6) is 0 Å². The van der Waals surface area contributed by atoms with E-state index in [9.17, 15) is 17.6 Å². The molecule has 0 atom stereocenters. The van der Waals surface area contributed by atoms with Crippen molar-refractivity contribution in [2.45, 2.75) is 0 Å². The number of carboxylic acids is 1. The van der Waals surface area contributed by atoms with E-state index in [0.717, 1.165) is 12.3 Å². The third-order valence-corrected chi connectivity index (χ3v) is 2.51. The first-order valence-electron chi connectivity index (χ1n) is 3.72. The topological polar surface area (TPSA) is 96.4 Å². The molecule has 0 saturated heterocycles. The molecule has 0 spiro atoms. The van der Waals surface area contributed by atoms with Gasteiger partial charge in [0.25, 0.3) is 0 Å². The van der Waals surface area contributed by atoms with Crippen LogP contribution in [-0.4, -0.2) is 30.2 Å². The van der Waals surface area contributed by atoms with Crippen molar-refractivity contribution in [3.8, 4) is 0 Å². The van der Waals surface area contributed by atoms with E-state index in [-0.39, 0.29) is 5.69 Å². The van der Waals surface area contributed by atoms with Gasteiger partial charge in [0.2, 0.25) is 10.0 Å². The standard InChI is InChI=1S/C7H7FN2O4S/c8-5-3-9-2-1-6(5)10-15(13,14)4-7(11)12/h1-3H,4H2,(H,9,10)(H,11,12). The molecule has 0 unspecified atom stereocenters. The summed E-state index contributed by atoms with van der Waals surface area (Å²) in [4.78, 5) is 13.6. The molecular weight excluding hydrogens is 227 g/mol. The van der Waals surface area contributed by atoms with Crippen molar-refractivity contribution >= 4 is 21.7 Å². The lowest BCUT2D eigenvalue weighted by Crippen LogP contribution is -2.22. The minimum absolute atomic E-state index is 0.328. The molecule has 8 heteroatoms. The number of pyridine rings is 1. The van der Waals surface area contributed by atoms with Gasteiger partial charge in [-0.3, -0.25) is 14.5 Å². The molecule has 1 rings (SSSR count). The second-order valence-electron chi connectivity index (χ2n) is 2.61. The Bertz CT molecular complexity index is 474. The molecule has 2 N–H and O–H groups in total. The van der Waals surface area contributed by atoms with Gasteiger partial charge in [0, 0.05) is 6.20 Å². The number of aliphatic carboxylic acids is 1. The maximum absolute atomic E-state index is 12.9. The highest BCUT2D eigenvalue weighted by Crippen LogP contribution is 2.12. The van der Waals surface area contributed by atoms with Gasteiger partial charge < -0.3 is 5.11 Å². The maximum atomic E-state index is 12.9. The van der Waals surface area contributed by atoms with E-state index < -0.39 is 27.6 Å². The van der Waals surface area contributed by atoms with Crippen molar-refractivity contribution in [2.24, 2.45) is 0 Å². The summed E-state index contributed by atoms with van der Waals surface area (Å²) in [6.07, 6.45) is 2.00. The molecule has 15 heavy (non-hydrogen) atoms. The Kier molecular flexibility index (Phi) is 3.20. The number of hydrogen-bond donors (Lipinski definition) is 2. The van der Waals surface area contributed by atoms with E-state index in [2.05, 4.69) is 4.98 Å². The number of nitrogens with zero attached hydrogens (tertiary/aromatic N) is 1. The van der Waals surface area contributed by atoms with E-state index in [0.29, 0.717) is 0 Å². The van der Waals surface area contributed by atoms with Gasteiger partial charge in [-0.25, -0.2) is 12.8 Å². The third kappa shape index (κ3) is 3.50. The quantitative estimate of drug-likeness (QED) is 0.767. The average molecular weight is 234 g/mol. The smallest absolute Gasteiger partial charge is 0.320 e. The van der Waals surface area contributed by atoms with Crippen LogP contribution in [0.25, 0.3) is 0 Å². The highest BCUT2D eigenvalue weighted by atomic mass is 32.2. The molecule has 0 aliphatic rings. The summed E-state index contributed by atoms with van der Waals surface area (Å²) in [6, 6.07) is 1.09. The summed E-state index contributed by atoms with van der Waals surface area (Å²) in [5, 5.41) is 8.27. The lowest BCUT2D eigenvalue weighted by Gasteiger charge is -2.05. The Labute approximate surface area is 84.8 Å². The van der Waals surface area contributed by atoms with Gasteiger partial charge in [0.05, 0.1) is 11.9 Å². The fraction of sp³-hybridized carbons (Fsp3) is 0.143. The van der Waals surface area contributed by atoms with Crippen LogP contribution in [0, 0.1) is 5.82 Å². The lowest BCUT2D eigenvalue weighted by atomic mass is 10.4. The number of anilines is 1. The van der Waals surface area contributed by atoms with Crippen LogP contribution in [0.4, 0.5) is 10.1 Å². The van der Waals surface area contributed by atoms with Crippen molar-refractivity contribution in [3.63, 3.8) is 0 Å². The minimum Gasteiger partial charge on any atom is -0.480 e. The molecule has 1 heterocycles. The van der Waals surface area contributed by atoms with Crippen LogP contribution in [0.3, 0.4) is 0 Å². The number of aromatic nitrogens is 1. The maximum Gasteiger partial charge on any atom is 0.320 e. The zero-order chi connectivity index (χ0) is 11.5. The number of hydrogen-bond acceptors (Lipinski definition) is 4. The van der Waals surface area contributed by atoms with Gasteiger partial charge in [-0.05, 0) is 6.07 Å². The first-order chi connectivity index (χ1) is 6.91. The summed E-state index contributed by atoms with van der Waals surface area (Å²) in [7, 11) is -4.07. The summed E-state index contributed by atoms with van der Waals surface area (Å²) >= 11 is 0. The highest BCUT2D eigenvalue weighted by molar-refractivity contribution is 7.93. The van der Waals surface area contributed by atoms with Crippen molar-refractivity contribution in [1.82, 2.24) is 4.98 Å². The molecule has 6 nitrogen and oxygen atoms in total. The van der Waals surface area contributed by atoms with Gasteiger partial charge in [-0.1, -0.05) is 0 Å². The molecule has 1 aromatic rings. The number of carboxylic acid groups (broad SMARTS) is 1. The summed E-state index contributed by atoms with van der Waals surface area (Å²) in [5.41, 5.74) is -0.328. The van der Waals surface area contributed by atoms with Crippen molar-refractivity contribution in [2.75, 3.05) is 10.5 Å². The second-order valence-corrected chi connectivity index (χ2v) is 4.33. The molecule has 0 saturated carbocycles. The predicted molar refractivity (Wildman–Crippen MR) is 49.2 cm³/mol. The van der Waals surface area contributed by atoms with E-state index in [4.69, 9.17) is 5.11 Å². The molecule has 82 valence electrons. The zero-order valence-electron chi connectivity index (χ0n) is 7.34. The average Bonchev–Trinajstić information content (AvgIpc) is 2.06. The van der Waals surface area contributed by atoms with E-state index in [1.807, 2.05) is 0 Å². The molecule has 0 amide bonds. The van der Waals surface area contributed by atoms with Crippen LogP contribution >= 0.6 is 0 Å². The minimum atomic E-state index is -4.07. The fourth-order valence-electron chi connectivity index (χ4n) is 0.824. The third-order valence-electron chi connectivity index (χ3n) is 1.35. The first-order valence-corrected chi connectivity index (χ1v) is 5.38. The summed E-state index contributed by atoms with van der Waals surface area (Å²) < 4.78 is 36.9. The predicted octanol–water partition coefficient (Wildman–Crippen LogP) is 0.0470. The summed E-state index contributed by atoms with van der Waals surface area (Å²) in [5.74, 6) is -3.50. The Balaban J connectivity index is 2.87. The van der Waals surface area contributed by atoms with Crippen LogP contribution in [0.2, 0.25) is 0 Å². The number of nitrogens with one attached hydrogen (secondary N) is 1. The molecule has 0 radical (unpaired) electrons. The highest BCUT2D eigenvalue weighted by Gasteiger charge is 2.16. The molecule has 0 aliphatic heterocycles. The van der Waals surface area contributed by atoms with Gasteiger partial charge in [0.1, 0.15) is 0 Å². The van der Waals surface area contributed by atoms with Gasteiger partial charge >= 0.3 is 5.97 Å². The van der Waals surface area contributed by atoms with Crippen molar-refractivity contribution < 1.29 is 22.7 Å². The molecule has 1 aromatic heterocycles. The first kappa shape index (κ1) is 11.4. The summed E-state index contributed by atoms with van der Waals surface area (Å²) in [6.45, 7) is 0. The Morgan fingerprint density at radius 1 is 1.60 bits per heavy atom. The number of sulfonamides is 1. The van der Waals surface area contributed by atoms with Crippen LogP contribution in [0.1, 0.15) is 0 Å². The SMILES string of the molecule is O=C(O)CS(=O)(=O)Nc1ccncc1F. The monoisotopic (exact) mass is 234 g/mol. The van der Waals surface area contributed by atoms with Crippen LogP contribution in [0.15, 0.2) is 18.5 Å². The normalized spacial score (nSPS) is 11.0. The molecule has 0 fully saturated rings. The van der Waals surface area contributed by atoms with Crippen molar-refractivity contribution in [3.05, 3.63) is 24.3 Å². The van der Waals surface area contributed by atoms with E-state index >= 15 is 0 Å². The molecule has 0 aliphatic carbocycles. The Morgan fingerprint density at radius 3 is 2.80 bits per heavy atom. The lowest BCUT2D eigenvalue weighted by molar-refractivity contribution is -0.134. The Morgan fingerprint density at radius 2 is 2.27 bits per heavy atom. The number of rotatable bonds is 4. The second kappa shape index (κ2) is 4.22. The van der Waals surface area contributed by atoms with Gasteiger partial charge in [0.15, 0.2) is 11.6 Å². The zero-order valence-corrected chi connectivity index (χ0v) is 8.16. The van der Waals surface area contributed by atoms with Crippen molar-refractivity contribution in [1.29, 1.82) is 0 Å².